The van der Waals surface area contributed by atoms with E-state index in [1.165, 1.54) is 11.1 Å². The number of carbonyl (C=O) groups excluding carboxylic acids is 2. The number of fused-ring (bicyclic) bond motifs is 3. The molecule has 3 rings (SSSR count). The zero-order valence-corrected chi connectivity index (χ0v) is 18.7. The summed E-state index contributed by atoms with van der Waals surface area (Å²) in [5.74, 6) is -1.32. The van der Waals surface area contributed by atoms with Gasteiger partial charge in [0, 0.05) is 25.4 Å². The molecule has 1 aliphatic carbocycles. The Morgan fingerprint density at radius 3 is 2.24 bits per heavy atom. The average Bonchev–Trinajstić information content (AvgIpc) is 3.13. The summed E-state index contributed by atoms with van der Waals surface area (Å²) in [5, 5.41) is 14.1. The predicted molar refractivity (Wildman–Crippen MR) is 123 cm³/mol. The van der Waals surface area contributed by atoms with E-state index in [2.05, 4.69) is 34.9 Å². The number of benzene rings is 2. The summed E-state index contributed by atoms with van der Waals surface area (Å²) in [4.78, 5) is 34.7. The Hall–Kier alpha value is -3.39. The molecule has 0 saturated heterocycles. The molecule has 0 radical (unpaired) electrons. The Morgan fingerprint density at radius 2 is 1.64 bits per heavy atom. The molecular weight excluding hydrogens is 424 g/mol. The molecule has 2 aromatic carbocycles. The first-order valence-corrected chi connectivity index (χ1v) is 11.1. The fourth-order valence-electron chi connectivity index (χ4n) is 3.96. The lowest BCUT2D eigenvalue weighted by molar-refractivity contribution is -0.138. The van der Waals surface area contributed by atoms with Gasteiger partial charge in [-0.15, -0.1) is 0 Å². The molecule has 0 aliphatic heterocycles. The normalized spacial score (nSPS) is 13.0. The van der Waals surface area contributed by atoms with Crippen molar-refractivity contribution in [3.05, 3.63) is 59.7 Å². The SMILES string of the molecule is CCC(CNC(=O)COCCNC(=O)OCC1c2ccccc2-c2ccccc21)CC(=O)O. The maximum Gasteiger partial charge on any atom is 0.407 e. The van der Waals surface area contributed by atoms with Crippen LogP contribution in [-0.2, 0) is 19.1 Å². The van der Waals surface area contributed by atoms with Gasteiger partial charge in [0.25, 0.3) is 0 Å². The first-order chi connectivity index (χ1) is 16.0. The monoisotopic (exact) mass is 454 g/mol. The number of ether oxygens (including phenoxy) is 2. The first-order valence-electron chi connectivity index (χ1n) is 11.1. The number of hydrogen-bond acceptors (Lipinski definition) is 5. The highest BCUT2D eigenvalue weighted by Gasteiger charge is 2.28. The molecule has 2 aromatic rings. The van der Waals surface area contributed by atoms with Crippen LogP contribution in [0.4, 0.5) is 4.79 Å². The Morgan fingerprint density at radius 1 is 1.00 bits per heavy atom. The van der Waals surface area contributed by atoms with Crippen molar-refractivity contribution in [2.45, 2.75) is 25.7 Å². The third kappa shape index (κ3) is 6.79. The molecule has 3 N–H and O–H groups in total. The average molecular weight is 455 g/mol. The molecule has 33 heavy (non-hydrogen) atoms. The number of carbonyl (C=O) groups is 3. The van der Waals surface area contributed by atoms with Crippen LogP contribution >= 0.6 is 0 Å². The Bertz CT molecular complexity index is 931. The van der Waals surface area contributed by atoms with Gasteiger partial charge in [0.05, 0.1) is 6.61 Å². The van der Waals surface area contributed by atoms with Gasteiger partial charge >= 0.3 is 12.1 Å². The van der Waals surface area contributed by atoms with Crippen molar-refractivity contribution >= 4 is 18.0 Å². The van der Waals surface area contributed by atoms with E-state index >= 15 is 0 Å². The second kappa shape index (κ2) is 12.0. The number of aliphatic carboxylic acids is 1. The highest BCUT2D eigenvalue weighted by Crippen LogP contribution is 2.44. The van der Waals surface area contributed by atoms with Crippen LogP contribution < -0.4 is 10.6 Å². The molecule has 8 heteroatoms. The molecule has 0 fully saturated rings. The van der Waals surface area contributed by atoms with Crippen molar-refractivity contribution < 1.29 is 29.0 Å². The van der Waals surface area contributed by atoms with Crippen LogP contribution in [0.25, 0.3) is 11.1 Å². The van der Waals surface area contributed by atoms with Crippen LogP contribution in [0.2, 0.25) is 0 Å². The molecule has 1 aliphatic rings. The molecule has 0 aromatic heterocycles. The molecule has 0 saturated carbocycles. The number of alkyl carbamates (subject to hydrolysis) is 1. The van der Waals surface area contributed by atoms with Crippen molar-refractivity contribution in [3.63, 3.8) is 0 Å². The Labute approximate surface area is 193 Å². The van der Waals surface area contributed by atoms with Crippen molar-refractivity contribution in [2.75, 3.05) is 32.9 Å². The maximum absolute atomic E-state index is 12.1. The smallest absolute Gasteiger partial charge is 0.407 e. The lowest BCUT2D eigenvalue weighted by Gasteiger charge is -2.15. The molecule has 2 amide bonds. The largest absolute Gasteiger partial charge is 0.481 e. The number of carboxylic acids is 1. The molecule has 1 unspecified atom stereocenters. The van der Waals surface area contributed by atoms with Gasteiger partial charge in [-0.2, -0.15) is 0 Å². The van der Waals surface area contributed by atoms with Gasteiger partial charge in [0.1, 0.15) is 13.2 Å². The lowest BCUT2D eigenvalue weighted by atomic mass is 9.98. The highest BCUT2D eigenvalue weighted by atomic mass is 16.5. The van der Waals surface area contributed by atoms with Gasteiger partial charge in [0.15, 0.2) is 0 Å². The second-order valence-corrected chi connectivity index (χ2v) is 7.98. The third-order valence-corrected chi connectivity index (χ3v) is 5.72. The van der Waals surface area contributed by atoms with Crippen molar-refractivity contribution in [1.29, 1.82) is 0 Å². The van der Waals surface area contributed by atoms with Crippen molar-refractivity contribution in [3.8, 4) is 11.1 Å². The van der Waals surface area contributed by atoms with Crippen LogP contribution in [0.1, 0.15) is 36.8 Å². The minimum absolute atomic E-state index is 0.00355. The van der Waals surface area contributed by atoms with Crippen molar-refractivity contribution in [1.82, 2.24) is 10.6 Å². The van der Waals surface area contributed by atoms with E-state index < -0.39 is 12.1 Å². The van der Waals surface area contributed by atoms with E-state index in [0.717, 1.165) is 11.1 Å². The standard InChI is InChI=1S/C25H30N2O6/c1-2-17(13-24(29)30)14-27-23(28)16-32-12-11-26-25(31)33-15-22-20-9-5-3-7-18(20)19-8-4-6-10-21(19)22/h3-10,17,22H,2,11-16H2,1H3,(H,26,31)(H,27,28)(H,29,30). The fraction of sp³-hybridized carbons (Fsp3) is 0.400. The molecule has 176 valence electrons. The minimum atomic E-state index is -0.883. The van der Waals surface area contributed by atoms with E-state index in [-0.39, 0.29) is 50.5 Å². The predicted octanol–water partition coefficient (Wildman–Crippen LogP) is 3.16. The summed E-state index contributed by atoms with van der Waals surface area (Å²) in [6.07, 6.45) is 0.142. The highest BCUT2D eigenvalue weighted by molar-refractivity contribution is 5.79. The summed E-state index contributed by atoms with van der Waals surface area (Å²) < 4.78 is 10.7. The molecular formula is C25H30N2O6. The van der Waals surface area contributed by atoms with Gasteiger partial charge in [-0.1, -0.05) is 61.9 Å². The maximum atomic E-state index is 12.1. The second-order valence-electron chi connectivity index (χ2n) is 7.98. The van der Waals surface area contributed by atoms with E-state index in [0.29, 0.717) is 13.0 Å². The van der Waals surface area contributed by atoms with Crippen LogP contribution in [0.5, 0.6) is 0 Å². The zero-order valence-electron chi connectivity index (χ0n) is 18.7. The summed E-state index contributed by atoms with van der Waals surface area (Å²) in [6, 6.07) is 16.3. The van der Waals surface area contributed by atoms with Crippen LogP contribution in [0, 0.1) is 5.92 Å². The van der Waals surface area contributed by atoms with E-state index in [1.807, 2.05) is 31.2 Å². The van der Waals surface area contributed by atoms with Gasteiger partial charge in [-0.25, -0.2) is 4.79 Å². The lowest BCUT2D eigenvalue weighted by Crippen LogP contribution is -2.34. The van der Waals surface area contributed by atoms with E-state index in [4.69, 9.17) is 14.6 Å². The number of nitrogens with one attached hydrogen (secondary N) is 2. The van der Waals surface area contributed by atoms with E-state index in [1.54, 1.807) is 0 Å². The van der Waals surface area contributed by atoms with Crippen LogP contribution in [-0.4, -0.2) is 56.0 Å². The number of amides is 2. The third-order valence-electron chi connectivity index (χ3n) is 5.72. The quantitative estimate of drug-likeness (QED) is 0.425. The van der Waals surface area contributed by atoms with Gasteiger partial charge < -0.3 is 25.2 Å². The topological polar surface area (TPSA) is 114 Å². The Kier molecular flexibility index (Phi) is 8.83. The summed E-state index contributed by atoms with van der Waals surface area (Å²) in [6.45, 7) is 2.62. The summed E-state index contributed by atoms with van der Waals surface area (Å²) in [7, 11) is 0. The van der Waals surface area contributed by atoms with Gasteiger partial charge in [0.2, 0.25) is 5.91 Å². The first kappa shape index (κ1) is 24.3. The van der Waals surface area contributed by atoms with Crippen molar-refractivity contribution in [2.24, 2.45) is 5.92 Å². The van der Waals surface area contributed by atoms with E-state index in [9.17, 15) is 14.4 Å². The zero-order chi connectivity index (χ0) is 23.6. The number of rotatable bonds is 12. The number of hydrogen-bond donors (Lipinski definition) is 3. The van der Waals surface area contributed by atoms with Crippen LogP contribution in [0.15, 0.2) is 48.5 Å². The van der Waals surface area contributed by atoms with Gasteiger partial charge in [-0.3, -0.25) is 9.59 Å². The molecule has 0 heterocycles. The summed E-state index contributed by atoms with van der Waals surface area (Å²) in [5.41, 5.74) is 4.63. The molecule has 1 atom stereocenters. The number of carboxylic acid groups (broad SMARTS) is 1. The minimum Gasteiger partial charge on any atom is -0.481 e. The fourth-order valence-corrected chi connectivity index (χ4v) is 3.96. The van der Waals surface area contributed by atoms with Gasteiger partial charge in [-0.05, 0) is 28.2 Å². The molecule has 0 bridgehead atoms. The molecule has 0 spiro atoms. The molecule has 8 nitrogen and oxygen atoms in total. The van der Waals surface area contributed by atoms with Crippen LogP contribution in [0.3, 0.4) is 0 Å². The summed E-state index contributed by atoms with van der Waals surface area (Å²) >= 11 is 0. The Balaban J connectivity index is 1.33.